The van der Waals surface area contributed by atoms with Crippen LogP contribution in [-0.2, 0) is 28.7 Å². The Morgan fingerprint density at radius 2 is 1.76 bits per heavy atom. The molecule has 11 heteroatoms. The molecule has 1 spiro atoms. The van der Waals surface area contributed by atoms with Crippen LogP contribution < -0.4 is 5.32 Å². The highest BCUT2D eigenvalue weighted by atomic mass is 79.9. The molecular weight excluding hydrogens is 642 g/mol. The number of cyclic esters (lactones) is 1. The molecule has 1 aromatic rings. The molecule has 0 saturated carbocycles. The van der Waals surface area contributed by atoms with Gasteiger partial charge in [-0.3, -0.25) is 19.2 Å². The summed E-state index contributed by atoms with van der Waals surface area (Å²) in [6.45, 7) is 10.1. The number of nitrogens with one attached hydrogen (secondary N) is 1. The van der Waals surface area contributed by atoms with Crippen molar-refractivity contribution in [1.29, 1.82) is 0 Å². The minimum Gasteiger partial charge on any atom is -0.463 e. The van der Waals surface area contributed by atoms with E-state index in [0.29, 0.717) is 17.3 Å². The number of fused-ring (bicyclic) bond motifs is 2. The number of carbonyl (C=O) groups is 4. The van der Waals surface area contributed by atoms with Gasteiger partial charge in [0.25, 0.3) is 0 Å². The molecule has 10 nitrogen and oxygen atoms in total. The number of amides is 3. The van der Waals surface area contributed by atoms with Crippen molar-refractivity contribution in [3.63, 3.8) is 0 Å². The number of aliphatic hydroxyl groups excluding tert-OH is 1. The van der Waals surface area contributed by atoms with Crippen LogP contribution in [0.2, 0.25) is 0 Å². The summed E-state index contributed by atoms with van der Waals surface area (Å²) in [5, 5.41) is 13.1. The SMILES string of the molecule is CC(C)(C)CC(C)(C)N1C/C=C\CCC(=O)OC[C@@H](c2ccccc2)NC(=O)[C@@H]2[C@H]3O[C@@]4(C=C3Br)[C@H](C1=O)N(CCO)C(=O)[C@@H]24. The minimum absolute atomic E-state index is 0.0761. The lowest BCUT2D eigenvalue weighted by Gasteiger charge is -2.45. The second kappa shape index (κ2) is 12.6. The van der Waals surface area contributed by atoms with E-state index in [9.17, 15) is 24.3 Å². The summed E-state index contributed by atoms with van der Waals surface area (Å²) in [7, 11) is 0. The fraction of sp³-hybridized carbons (Fsp3) is 0.588. The van der Waals surface area contributed by atoms with Crippen molar-refractivity contribution in [2.75, 3.05) is 26.3 Å². The molecule has 2 fully saturated rings. The molecule has 5 rings (SSSR count). The predicted octanol–water partition coefficient (Wildman–Crippen LogP) is 3.65. The number of halogens is 1. The first kappa shape index (κ1) is 33.3. The Morgan fingerprint density at radius 1 is 1.04 bits per heavy atom. The predicted molar refractivity (Wildman–Crippen MR) is 171 cm³/mol. The monoisotopic (exact) mass is 685 g/mol. The topological polar surface area (TPSA) is 125 Å². The van der Waals surface area contributed by atoms with E-state index in [-0.39, 0.29) is 44.0 Å². The molecule has 6 atom stereocenters. The summed E-state index contributed by atoms with van der Waals surface area (Å²) in [6.07, 6.45) is 5.95. The van der Waals surface area contributed by atoms with Gasteiger partial charge in [-0.25, -0.2) is 0 Å². The number of rotatable bonds is 5. The van der Waals surface area contributed by atoms with Crippen molar-refractivity contribution >= 4 is 39.6 Å². The number of β-amino-alcohol motifs (C(OH)–C–C–N with tert-alkyl or cyclic N) is 1. The van der Waals surface area contributed by atoms with E-state index < -0.39 is 58.9 Å². The van der Waals surface area contributed by atoms with E-state index in [0.717, 1.165) is 5.56 Å². The Morgan fingerprint density at radius 3 is 2.42 bits per heavy atom. The van der Waals surface area contributed by atoms with Crippen molar-refractivity contribution < 1.29 is 33.8 Å². The molecule has 2 N–H and O–H groups in total. The highest BCUT2D eigenvalue weighted by molar-refractivity contribution is 9.11. The van der Waals surface area contributed by atoms with Crippen LogP contribution in [0.5, 0.6) is 0 Å². The standard InChI is InChI=1S/C34H44BrN3O7/c1-32(2,3)20-33(4,5)38-15-11-7-10-14-24(40)44-19-23(21-12-8-6-9-13-21)36-29(41)25-26-30(42)37(16-17-39)28(31(38)43)34(26)18-22(35)27(25)45-34/h6-9,11-13,18,23,25-28,39H,10,14-17,19-20H2,1-5H3,(H,36,41)/b11-7-/t23-,25-,26+,27-,28-,34+/m0/s1. The number of benzene rings is 1. The smallest absolute Gasteiger partial charge is 0.306 e. The van der Waals surface area contributed by atoms with Crippen LogP contribution in [-0.4, -0.2) is 88.2 Å². The van der Waals surface area contributed by atoms with Crippen molar-refractivity contribution in [2.45, 2.75) is 83.2 Å². The zero-order valence-corrected chi connectivity index (χ0v) is 28.2. The van der Waals surface area contributed by atoms with Gasteiger partial charge in [-0.1, -0.05) is 79.2 Å². The van der Waals surface area contributed by atoms with Crippen LogP contribution in [0, 0.1) is 17.3 Å². The molecule has 45 heavy (non-hydrogen) atoms. The van der Waals surface area contributed by atoms with Gasteiger partial charge in [0.2, 0.25) is 17.7 Å². The normalized spacial score (nSPS) is 31.9. The molecule has 0 unspecified atom stereocenters. The Kier molecular flexibility index (Phi) is 9.37. The summed E-state index contributed by atoms with van der Waals surface area (Å²) in [6, 6.07) is 7.45. The second-order valence-corrected chi connectivity index (χ2v) is 15.2. The molecule has 3 amide bonds. The minimum atomic E-state index is -1.41. The fourth-order valence-corrected chi connectivity index (χ4v) is 8.48. The van der Waals surface area contributed by atoms with Gasteiger partial charge in [-0.2, -0.15) is 0 Å². The number of nitrogens with zero attached hydrogens (tertiary/aromatic N) is 2. The highest BCUT2D eigenvalue weighted by Crippen LogP contribution is 2.59. The quantitative estimate of drug-likeness (QED) is 0.358. The molecule has 4 heterocycles. The summed E-state index contributed by atoms with van der Waals surface area (Å²) in [5.41, 5.74) is -1.42. The average molecular weight is 687 g/mol. The van der Waals surface area contributed by atoms with E-state index >= 15 is 0 Å². The Hall–Kier alpha value is -3.02. The molecule has 0 aliphatic carbocycles. The Bertz CT molecular complexity index is 1390. The highest BCUT2D eigenvalue weighted by Gasteiger charge is 2.74. The van der Waals surface area contributed by atoms with Crippen LogP contribution in [0.15, 0.2) is 53.0 Å². The molecule has 244 valence electrons. The Labute approximate surface area is 273 Å². The third kappa shape index (κ3) is 6.36. The van der Waals surface area contributed by atoms with E-state index in [1.807, 2.05) is 56.3 Å². The lowest BCUT2D eigenvalue weighted by atomic mass is 9.73. The number of allylic oxidation sites excluding steroid dienone is 1. The van der Waals surface area contributed by atoms with Gasteiger partial charge in [-0.15, -0.1) is 0 Å². The molecule has 2 saturated heterocycles. The molecule has 4 aliphatic heterocycles. The third-order valence-corrected chi connectivity index (χ3v) is 9.84. The summed E-state index contributed by atoms with van der Waals surface area (Å²) in [5.74, 6) is -3.51. The van der Waals surface area contributed by atoms with Crippen molar-refractivity contribution in [3.8, 4) is 0 Å². The van der Waals surface area contributed by atoms with Gasteiger partial charge in [-0.05, 0) is 43.7 Å². The van der Waals surface area contributed by atoms with Crippen LogP contribution >= 0.6 is 15.9 Å². The Balaban J connectivity index is 1.61. The van der Waals surface area contributed by atoms with Crippen molar-refractivity contribution in [2.24, 2.45) is 17.3 Å². The maximum atomic E-state index is 14.9. The maximum Gasteiger partial charge on any atom is 0.306 e. The number of aliphatic hydroxyl groups is 1. The largest absolute Gasteiger partial charge is 0.463 e. The number of carbonyl (C=O) groups excluding carboxylic acids is 4. The van der Waals surface area contributed by atoms with Crippen molar-refractivity contribution in [1.82, 2.24) is 15.1 Å². The van der Waals surface area contributed by atoms with Gasteiger partial charge in [0.1, 0.15) is 24.4 Å². The van der Waals surface area contributed by atoms with Gasteiger partial charge < -0.3 is 29.7 Å². The number of esters is 1. The van der Waals surface area contributed by atoms with Crippen molar-refractivity contribution in [3.05, 3.63) is 58.6 Å². The van der Waals surface area contributed by atoms with E-state index in [4.69, 9.17) is 9.47 Å². The maximum absolute atomic E-state index is 14.9. The first-order valence-electron chi connectivity index (χ1n) is 15.6. The van der Waals surface area contributed by atoms with Gasteiger partial charge in [0, 0.05) is 29.5 Å². The molecule has 0 aromatic heterocycles. The van der Waals surface area contributed by atoms with Crippen LogP contribution in [0.3, 0.4) is 0 Å². The summed E-state index contributed by atoms with van der Waals surface area (Å²) >= 11 is 3.59. The number of hydrogen-bond donors (Lipinski definition) is 2. The molecule has 5 bridgehead atoms. The lowest BCUT2D eigenvalue weighted by molar-refractivity contribution is -0.152. The first-order chi connectivity index (χ1) is 21.2. The van der Waals surface area contributed by atoms with Gasteiger partial charge in [0.15, 0.2) is 0 Å². The summed E-state index contributed by atoms with van der Waals surface area (Å²) in [4.78, 5) is 59.2. The number of ether oxygens (including phenoxy) is 2. The molecular formula is C34H44BrN3O7. The summed E-state index contributed by atoms with van der Waals surface area (Å²) < 4.78 is 12.8. The molecule has 1 aromatic carbocycles. The van der Waals surface area contributed by atoms with Gasteiger partial charge in [0.05, 0.1) is 24.5 Å². The van der Waals surface area contributed by atoms with Gasteiger partial charge >= 0.3 is 5.97 Å². The van der Waals surface area contributed by atoms with Crippen LogP contribution in [0.25, 0.3) is 0 Å². The third-order valence-electron chi connectivity index (χ3n) is 9.16. The number of likely N-dealkylation sites (tertiary alicyclic amines) is 1. The molecule has 0 radical (unpaired) electrons. The lowest BCUT2D eigenvalue weighted by Crippen LogP contribution is -2.61. The second-order valence-electron chi connectivity index (χ2n) is 14.2. The average Bonchev–Trinajstić information content (AvgIpc) is 3.54. The van der Waals surface area contributed by atoms with Crippen LogP contribution in [0.4, 0.5) is 0 Å². The van der Waals surface area contributed by atoms with E-state index in [2.05, 4.69) is 42.0 Å². The van der Waals surface area contributed by atoms with E-state index in [1.54, 1.807) is 11.0 Å². The fourth-order valence-electron chi connectivity index (χ4n) is 7.74. The first-order valence-corrected chi connectivity index (χ1v) is 16.4. The zero-order chi connectivity index (χ0) is 32.7. The zero-order valence-electron chi connectivity index (χ0n) is 26.6. The van der Waals surface area contributed by atoms with Crippen LogP contribution in [0.1, 0.15) is 65.5 Å². The van der Waals surface area contributed by atoms with E-state index in [1.165, 1.54) is 4.90 Å². The number of hydrogen-bond acceptors (Lipinski definition) is 7. The molecule has 4 aliphatic rings.